The zero-order valence-electron chi connectivity index (χ0n) is 12.1. The molecule has 0 rings (SSSR count). The monoisotopic (exact) mass is 273 g/mol. The summed E-state index contributed by atoms with van der Waals surface area (Å²) in [5.41, 5.74) is -0.600. The van der Waals surface area contributed by atoms with Crippen molar-refractivity contribution >= 4 is 17.8 Å². The molecule has 0 aliphatic heterocycles. The molecule has 1 amide bonds. The van der Waals surface area contributed by atoms with Gasteiger partial charge in [0.15, 0.2) is 0 Å². The number of nitrogens with one attached hydrogen (secondary N) is 1. The van der Waals surface area contributed by atoms with E-state index < -0.39 is 23.6 Å². The van der Waals surface area contributed by atoms with E-state index in [4.69, 9.17) is 9.84 Å². The molecule has 0 spiro atoms. The van der Waals surface area contributed by atoms with Gasteiger partial charge in [-0.1, -0.05) is 13.8 Å². The first-order chi connectivity index (χ1) is 8.53. The summed E-state index contributed by atoms with van der Waals surface area (Å²) in [5, 5.41) is 11.4. The fourth-order valence-electron chi connectivity index (χ4n) is 1.25. The van der Waals surface area contributed by atoms with Crippen molar-refractivity contribution in [3.63, 3.8) is 0 Å². The summed E-state index contributed by atoms with van der Waals surface area (Å²) in [6.07, 6.45) is -0.0324. The number of ether oxygens (including phenoxy) is 1. The molecule has 0 aliphatic carbocycles. The molecule has 0 saturated carbocycles. The van der Waals surface area contributed by atoms with Crippen molar-refractivity contribution in [2.75, 3.05) is 0 Å². The number of carboxylic acid groups (broad SMARTS) is 1. The van der Waals surface area contributed by atoms with Crippen LogP contribution in [-0.4, -0.2) is 34.6 Å². The van der Waals surface area contributed by atoms with E-state index in [-0.39, 0.29) is 24.7 Å². The second-order valence-electron chi connectivity index (χ2n) is 5.68. The molecule has 0 aliphatic rings. The van der Waals surface area contributed by atoms with E-state index in [2.05, 4.69) is 5.32 Å². The van der Waals surface area contributed by atoms with Crippen molar-refractivity contribution < 1.29 is 24.2 Å². The molecule has 0 aromatic rings. The molecule has 0 unspecified atom stereocenters. The maximum atomic E-state index is 11.5. The van der Waals surface area contributed by atoms with Crippen molar-refractivity contribution in [3.05, 3.63) is 0 Å². The second kappa shape index (κ2) is 7.11. The first-order valence-electron chi connectivity index (χ1n) is 6.28. The standard InChI is InChI=1S/C13H23NO5/c1-8(2)11(16)14-9(12(17)18)6-7-10(15)19-13(3,4)5/h8-9H,6-7H2,1-5H3,(H,14,16)(H,17,18)/t9-/m1/s1. The number of esters is 1. The summed E-state index contributed by atoms with van der Waals surface area (Å²) in [6, 6.07) is -1.07. The third kappa shape index (κ3) is 8.18. The number of hydrogen-bond donors (Lipinski definition) is 2. The quantitative estimate of drug-likeness (QED) is 0.712. The minimum Gasteiger partial charge on any atom is -0.480 e. The van der Waals surface area contributed by atoms with Crippen molar-refractivity contribution in [2.45, 2.75) is 59.1 Å². The van der Waals surface area contributed by atoms with Crippen LogP contribution in [-0.2, 0) is 19.1 Å². The molecule has 2 N–H and O–H groups in total. The Balaban J connectivity index is 4.34. The number of carbonyl (C=O) groups excluding carboxylic acids is 2. The highest BCUT2D eigenvalue weighted by atomic mass is 16.6. The lowest BCUT2D eigenvalue weighted by atomic mass is 10.1. The number of aliphatic carboxylic acids is 1. The molecule has 0 aromatic carbocycles. The van der Waals surface area contributed by atoms with Crippen LogP contribution in [0.1, 0.15) is 47.5 Å². The average molecular weight is 273 g/mol. The van der Waals surface area contributed by atoms with Gasteiger partial charge >= 0.3 is 11.9 Å². The predicted molar refractivity (Wildman–Crippen MR) is 69.5 cm³/mol. The zero-order chi connectivity index (χ0) is 15.2. The molecule has 6 heteroatoms. The molecular weight excluding hydrogens is 250 g/mol. The molecule has 6 nitrogen and oxygen atoms in total. The van der Waals surface area contributed by atoms with Crippen LogP contribution in [0, 0.1) is 5.92 Å². The summed E-state index contributed by atoms with van der Waals surface area (Å²) in [6.45, 7) is 8.55. The van der Waals surface area contributed by atoms with E-state index in [1.807, 2.05) is 0 Å². The lowest BCUT2D eigenvalue weighted by Crippen LogP contribution is -2.43. The summed E-state index contributed by atoms with van der Waals surface area (Å²) < 4.78 is 5.08. The Morgan fingerprint density at radius 2 is 1.74 bits per heavy atom. The molecule has 0 bridgehead atoms. The van der Waals surface area contributed by atoms with E-state index in [1.165, 1.54) is 0 Å². The number of amides is 1. The van der Waals surface area contributed by atoms with E-state index in [9.17, 15) is 14.4 Å². The summed E-state index contributed by atoms with van der Waals surface area (Å²) in [4.78, 5) is 33.9. The van der Waals surface area contributed by atoms with E-state index in [0.717, 1.165) is 0 Å². The molecule has 110 valence electrons. The maximum Gasteiger partial charge on any atom is 0.326 e. The predicted octanol–water partition coefficient (Wildman–Crippen LogP) is 1.33. The normalized spacial score (nSPS) is 12.9. The highest BCUT2D eigenvalue weighted by molar-refractivity contribution is 5.85. The molecule has 0 saturated heterocycles. The Hall–Kier alpha value is -1.59. The highest BCUT2D eigenvalue weighted by Crippen LogP contribution is 2.10. The summed E-state index contributed by atoms with van der Waals surface area (Å²) in [5.74, 6) is -2.28. The van der Waals surface area contributed by atoms with E-state index in [1.54, 1.807) is 34.6 Å². The minimum atomic E-state index is -1.16. The first-order valence-corrected chi connectivity index (χ1v) is 6.28. The average Bonchev–Trinajstić information content (AvgIpc) is 2.20. The number of rotatable bonds is 6. The lowest BCUT2D eigenvalue weighted by molar-refractivity contribution is -0.155. The zero-order valence-corrected chi connectivity index (χ0v) is 12.1. The van der Waals surface area contributed by atoms with Crippen LogP contribution in [0.3, 0.4) is 0 Å². The van der Waals surface area contributed by atoms with Gasteiger partial charge in [0.2, 0.25) is 5.91 Å². The van der Waals surface area contributed by atoms with Crippen molar-refractivity contribution in [1.82, 2.24) is 5.32 Å². The molecule has 0 radical (unpaired) electrons. The van der Waals surface area contributed by atoms with Crippen molar-refractivity contribution in [3.8, 4) is 0 Å². The fraction of sp³-hybridized carbons (Fsp3) is 0.769. The minimum absolute atomic E-state index is 0.0166. The van der Waals surface area contributed by atoms with Gasteiger partial charge in [0.05, 0.1) is 0 Å². The summed E-state index contributed by atoms with van der Waals surface area (Å²) in [7, 11) is 0. The summed E-state index contributed by atoms with van der Waals surface area (Å²) >= 11 is 0. The Bertz CT molecular complexity index is 343. The number of hydrogen-bond acceptors (Lipinski definition) is 4. The van der Waals surface area contributed by atoms with Crippen LogP contribution >= 0.6 is 0 Å². The molecule has 1 atom stereocenters. The first kappa shape index (κ1) is 17.4. The van der Waals surface area contributed by atoms with Gasteiger partial charge in [-0.3, -0.25) is 9.59 Å². The maximum absolute atomic E-state index is 11.5. The number of carbonyl (C=O) groups is 3. The van der Waals surface area contributed by atoms with Crippen molar-refractivity contribution in [2.24, 2.45) is 5.92 Å². The van der Waals surface area contributed by atoms with Crippen LogP contribution < -0.4 is 5.32 Å². The van der Waals surface area contributed by atoms with Gasteiger partial charge in [0.25, 0.3) is 0 Å². The molecule has 0 heterocycles. The van der Waals surface area contributed by atoms with Gasteiger partial charge in [-0.05, 0) is 27.2 Å². The smallest absolute Gasteiger partial charge is 0.326 e. The number of carboxylic acids is 1. The SMILES string of the molecule is CC(C)C(=O)N[C@H](CCC(=O)OC(C)(C)C)C(=O)O. The van der Waals surface area contributed by atoms with Crippen LogP contribution in [0.4, 0.5) is 0 Å². The highest BCUT2D eigenvalue weighted by Gasteiger charge is 2.24. The molecule has 19 heavy (non-hydrogen) atoms. The molecule has 0 fully saturated rings. The van der Waals surface area contributed by atoms with Gasteiger partial charge < -0.3 is 15.2 Å². The Labute approximate surface area is 113 Å². The van der Waals surface area contributed by atoms with Gasteiger partial charge in [-0.2, -0.15) is 0 Å². The van der Waals surface area contributed by atoms with Gasteiger partial charge in [-0.15, -0.1) is 0 Å². The largest absolute Gasteiger partial charge is 0.480 e. The van der Waals surface area contributed by atoms with Crippen LogP contribution in [0.25, 0.3) is 0 Å². The van der Waals surface area contributed by atoms with Gasteiger partial charge in [0.1, 0.15) is 11.6 Å². The van der Waals surface area contributed by atoms with Crippen LogP contribution in [0.2, 0.25) is 0 Å². The molecular formula is C13H23NO5. The van der Waals surface area contributed by atoms with Gasteiger partial charge in [-0.25, -0.2) is 4.79 Å². The second-order valence-corrected chi connectivity index (χ2v) is 5.68. The third-order valence-electron chi connectivity index (χ3n) is 2.20. The lowest BCUT2D eigenvalue weighted by Gasteiger charge is -2.20. The Morgan fingerprint density at radius 3 is 2.11 bits per heavy atom. The van der Waals surface area contributed by atoms with Crippen LogP contribution in [0.15, 0.2) is 0 Å². The Morgan fingerprint density at radius 1 is 1.21 bits per heavy atom. The fourth-order valence-corrected chi connectivity index (χ4v) is 1.25. The van der Waals surface area contributed by atoms with E-state index >= 15 is 0 Å². The Kier molecular flexibility index (Phi) is 6.52. The third-order valence-corrected chi connectivity index (χ3v) is 2.20. The van der Waals surface area contributed by atoms with E-state index in [0.29, 0.717) is 0 Å². The van der Waals surface area contributed by atoms with Crippen molar-refractivity contribution in [1.29, 1.82) is 0 Å². The molecule has 0 aromatic heterocycles. The van der Waals surface area contributed by atoms with Crippen LogP contribution in [0.5, 0.6) is 0 Å². The topological polar surface area (TPSA) is 92.7 Å². The van der Waals surface area contributed by atoms with Gasteiger partial charge in [0, 0.05) is 12.3 Å².